The first-order chi connectivity index (χ1) is 62.7. The van der Waals surface area contributed by atoms with Crippen molar-refractivity contribution in [2.75, 3.05) is 20.2 Å². The summed E-state index contributed by atoms with van der Waals surface area (Å²) in [6.07, 6.45) is -22.0. The van der Waals surface area contributed by atoms with Crippen LogP contribution in [0, 0.1) is 5.92 Å². The zero-order valence-corrected chi connectivity index (χ0v) is 73.2. The molecule has 8 aliphatic heterocycles. The molecule has 40 nitrogen and oxygen atoms in total. The van der Waals surface area contributed by atoms with E-state index in [1.807, 2.05) is 62.4 Å². The fourth-order valence-corrected chi connectivity index (χ4v) is 17.3. The second kappa shape index (κ2) is 40.0. The number of hydrogen-bond acceptors (Lipinski definition) is 30. The molecule has 1 aromatic heterocycles. The van der Waals surface area contributed by atoms with E-state index in [4.69, 9.17) is 65.7 Å². The summed E-state index contributed by atoms with van der Waals surface area (Å²) in [5.74, 6) is -15.9. The number of benzene rings is 7. The average Bonchev–Trinajstić information content (AvgIpc) is 0.907. The highest BCUT2D eigenvalue weighted by Crippen LogP contribution is 2.50. The number of carboxylic acids is 1. The molecule has 704 valence electrons. The molecule has 0 spiro atoms. The molecule has 132 heavy (non-hydrogen) atoms. The van der Waals surface area contributed by atoms with Crippen LogP contribution in [0.1, 0.15) is 137 Å². The Labute approximate surface area is 759 Å². The van der Waals surface area contributed by atoms with Crippen LogP contribution in [0.25, 0.3) is 22.0 Å². The average molecular weight is 1850 g/mol. The van der Waals surface area contributed by atoms with Gasteiger partial charge in [-0.1, -0.05) is 80.0 Å². The number of primary amides is 1. The molecule has 11 bridgehead atoms. The number of carbonyl (C=O) groups excluding carboxylic acids is 8. The van der Waals surface area contributed by atoms with Crippen LogP contribution in [0.4, 0.5) is 0 Å². The molecule has 16 rings (SSSR count). The summed E-state index contributed by atoms with van der Waals surface area (Å²) in [4.78, 5) is 138. The summed E-state index contributed by atoms with van der Waals surface area (Å²) in [5, 5.41) is 141. The monoisotopic (exact) mass is 1850 g/mol. The third-order valence-electron chi connectivity index (χ3n) is 24.0. The fraction of sp³-hybridized carbons (Fsp3) is 0.418. The first-order valence-electron chi connectivity index (χ1n) is 42.6. The summed E-state index contributed by atoms with van der Waals surface area (Å²) in [6.45, 7) is 8.81. The molecule has 8 aliphatic rings. The summed E-state index contributed by atoms with van der Waals surface area (Å²) in [5.41, 5.74) is 9.35. The molecular formula is C91H105ClN12O28. The molecular weight excluding hydrogens is 1740 g/mol. The predicted molar refractivity (Wildman–Crippen MR) is 465 cm³/mol. The van der Waals surface area contributed by atoms with Gasteiger partial charge in [0.1, 0.15) is 108 Å². The lowest BCUT2D eigenvalue weighted by atomic mass is 9.85. The normalized spacial score (nSPS) is 28.8. The van der Waals surface area contributed by atoms with E-state index in [0.29, 0.717) is 12.4 Å². The van der Waals surface area contributed by atoms with Gasteiger partial charge < -0.3 is 158 Å². The summed E-state index contributed by atoms with van der Waals surface area (Å²) in [7, 11) is 1.47. The summed E-state index contributed by atoms with van der Waals surface area (Å²) >= 11 is 7.23. The minimum Gasteiger partial charge on any atom is -0.508 e. The van der Waals surface area contributed by atoms with Gasteiger partial charge in [-0.15, -0.1) is 0 Å². The highest BCUT2D eigenvalue weighted by atomic mass is 35.5. The van der Waals surface area contributed by atoms with Gasteiger partial charge in [0, 0.05) is 64.8 Å². The van der Waals surface area contributed by atoms with E-state index in [9.17, 15) is 70.2 Å². The van der Waals surface area contributed by atoms with E-state index in [2.05, 4.69) is 52.8 Å². The first kappa shape index (κ1) is 95.7. The number of hydrogen-bond donors (Lipinski definition) is 22. The van der Waals surface area contributed by atoms with Crippen molar-refractivity contribution in [3.63, 3.8) is 0 Å². The van der Waals surface area contributed by atoms with Gasteiger partial charge in [0.05, 0.1) is 54.5 Å². The van der Waals surface area contributed by atoms with E-state index in [1.165, 1.54) is 71.1 Å². The SMILES string of the molecule is CN[C@H](CC(C)C)C(=O)N[C@H]1C(=O)N[C@@H](CC(N)=O)C(=O)N[C@H]2C(=O)N[C@H]3C(=O)N[C@H](C(=O)N[C@H](C(=O)O)c4cc(O)cc(O)c4-c4cc3ccc4O)[C@H](O[C@H]3C[C@](C)(N)[C@@H](O)[C@H](C)O3)c3ccc(cc3)Oc3cc2cc(c3O[C@@H]2O[C@H](CO)[C@@H](O)[C@H](O)[C@H]2O[C@H]2C[C@](C)(NC(=O)CNCc3c[nH]c4ccc(OCc5ccccc5)cc34)[C@@H](O)[C@H](C)O2)Oc2ccc(cc2Cl)[C@H]1O. The van der Waals surface area contributed by atoms with Crippen LogP contribution < -0.4 is 78.3 Å². The number of aromatic amines is 1. The smallest absolute Gasteiger partial charge is 0.330 e. The number of aromatic hydroxyl groups is 3. The van der Waals surface area contributed by atoms with Gasteiger partial charge in [0.2, 0.25) is 59.3 Å². The Bertz CT molecular complexity index is 5660. The molecule has 24 N–H and O–H groups in total. The number of nitrogens with one attached hydrogen (secondary N) is 10. The highest BCUT2D eigenvalue weighted by Gasteiger charge is 2.54. The lowest BCUT2D eigenvalue weighted by Crippen LogP contribution is -2.66. The Kier molecular flexibility index (Phi) is 29.0. The number of carbonyl (C=O) groups is 9. The van der Waals surface area contributed by atoms with Gasteiger partial charge in [-0.2, -0.15) is 0 Å². The number of carboxylic acid groups (broad SMARTS) is 1. The van der Waals surface area contributed by atoms with Gasteiger partial charge in [-0.05, 0) is 153 Å². The van der Waals surface area contributed by atoms with Crippen LogP contribution in [0.15, 0.2) is 140 Å². The van der Waals surface area contributed by atoms with Crippen molar-refractivity contribution in [3.8, 4) is 62.9 Å². The van der Waals surface area contributed by atoms with E-state index in [1.54, 1.807) is 6.20 Å². The van der Waals surface area contributed by atoms with Crippen molar-refractivity contribution in [2.24, 2.45) is 17.4 Å². The predicted octanol–water partition coefficient (Wildman–Crippen LogP) is 2.70. The first-order valence-corrected chi connectivity index (χ1v) is 43.0. The number of ether oxygens (including phenoxy) is 9. The zero-order valence-electron chi connectivity index (χ0n) is 72.4. The molecule has 3 fully saturated rings. The number of aliphatic hydroxyl groups excluding tert-OH is 6. The fourth-order valence-electron chi connectivity index (χ4n) is 17.1. The topological polar surface area (TPSA) is 615 Å². The Morgan fingerprint density at radius 3 is 2.04 bits per heavy atom. The number of amides is 8. The van der Waals surface area contributed by atoms with Crippen molar-refractivity contribution in [1.82, 2.24) is 52.8 Å². The number of rotatable bonds is 23. The highest BCUT2D eigenvalue weighted by molar-refractivity contribution is 6.32. The molecule has 0 unspecified atom stereocenters. The maximum Gasteiger partial charge on any atom is 0.330 e. The van der Waals surface area contributed by atoms with E-state index in [-0.39, 0.29) is 65.1 Å². The Balaban J connectivity index is 0.909. The van der Waals surface area contributed by atoms with Crippen molar-refractivity contribution in [1.29, 1.82) is 0 Å². The van der Waals surface area contributed by atoms with Gasteiger partial charge in [0.15, 0.2) is 36.2 Å². The third-order valence-corrected chi connectivity index (χ3v) is 24.3. The number of aliphatic hydroxyl groups is 6. The van der Waals surface area contributed by atoms with E-state index >= 15 is 24.0 Å². The Morgan fingerprint density at radius 1 is 0.682 bits per heavy atom. The molecule has 22 atom stereocenters. The Hall–Kier alpha value is -12.4. The second-order valence-corrected chi connectivity index (χ2v) is 34.9. The van der Waals surface area contributed by atoms with Crippen LogP contribution in [0.2, 0.25) is 5.02 Å². The molecule has 3 saturated heterocycles. The number of nitrogens with two attached hydrogens (primary N) is 2. The van der Waals surface area contributed by atoms with Crippen molar-refractivity contribution in [3.05, 3.63) is 184 Å². The molecule has 41 heteroatoms. The number of aromatic nitrogens is 1. The van der Waals surface area contributed by atoms with Crippen molar-refractivity contribution < 1.29 is 137 Å². The van der Waals surface area contributed by atoms with Crippen molar-refractivity contribution in [2.45, 2.75) is 214 Å². The number of likely N-dealkylation sites (N-methyl/N-ethyl adjacent to an activating group) is 1. The lowest BCUT2D eigenvalue weighted by Gasteiger charge is -2.48. The molecule has 0 aliphatic carbocycles. The van der Waals surface area contributed by atoms with Gasteiger partial charge in [-0.25, -0.2) is 4.79 Å². The minimum absolute atomic E-state index is 0.0647. The lowest BCUT2D eigenvalue weighted by molar-refractivity contribution is -0.334. The van der Waals surface area contributed by atoms with Crippen molar-refractivity contribution >= 4 is 75.7 Å². The minimum atomic E-state index is -2.39. The number of phenols is 3. The number of aliphatic carboxylic acids is 1. The molecule has 0 saturated carbocycles. The number of H-pyrrole nitrogens is 1. The van der Waals surface area contributed by atoms with E-state index in [0.717, 1.165) is 70.6 Å². The largest absolute Gasteiger partial charge is 0.508 e. The van der Waals surface area contributed by atoms with Crippen LogP contribution in [0.5, 0.6) is 51.7 Å². The zero-order chi connectivity index (χ0) is 94.8. The van der Waals surface area contributed by atoms with Crippen LogP contribution in [0.3, 0.4) is 0 Å². The number of phenolic OH excluding ortho intramolecular Hbond substituents is 3. The maximum absolute atomic E-state index is 16.6. The number of fused-ring (bicyclic) bond motifs is 16. The molecule has 9 heterocycles. The second-order valence-electron chi connectivity index (χ2n) is 34.5. The molecule has 0 radical (unpaired) electrons. The third kappa shape index (κ3) is 21.1. The summed E-state index contributed by atoms with van der Waals surface area (Å²) < 4.78 is 58.9. The quantitative estimate of drug-likeness (QED) is 0.0438. The molecule has 8 amide bonds. The van der Waals surface area contributed by atoms with Crippen LogP contribution in [-0.4, -0.2) is 232 Å². The maximum atomic E-state index is 16.6. The number of halogens is 1. The Morgan fingerprint density at radius 2 is 1.36 bits per heavy atom. The van der Waals surface area contributed by atoms with Crippen LogP contribution >= 0.6 is 11.6 Å². The molecule has 7 aromatic carbocycles. The van der Waals surface area contributed by atoms with Gasteiger partial charge >= 0.3 is 5.97 Å². The van der Waals surface area contributed by atoms with Crippen LogP contribution in [-0.2, 0) is 80.0 Å². The summed E-state index contributed by atoms with van der Waals surface area (Å²) in [6, 6.07) is 16.4. The van der Waals surface area contributed by atoms with Gasteiger partial charge in [0.25, 0.3) is 0 Å². The standard InChI is InChI=1S/C91H105ClN12O28/c1-39(2)23-56(95-7)82(116)102-72-74(111)45-16-22-60(54(92)25-45)128-62-27-46-26-61(78(62)132-89-79(76(113)75(112)63(37-105)129-89)131-67-33-91(6,81(115)41(4)126-67)104-65(110)36-96-34-47-35-97-55-20-19-50(30-51(47)55)124-38-42-11-9-8-10-12-42)127-49-17-13-43(14-18-49)77(130-66-32-90(5,94)80(114)40(3)125-66)73-87(121)101-71(88(122)123)53-28-48(106)29-59(108)68(53)52-24-44(15-21-58(52)107)69(84(118)103-73)100-85(119)70(46)99-83(117)57(31-64(93)109)98-86(72)120/h8-22,24-30,35,39-41,56-57,63,66-67,69-77,79-81,89,95-97,105-108,111-115H,23,31-34,36-38,94H2,1-7H3,(H2,93,109)(H,98,120)(H,99,117)(H,100,119)(H,101,121)(H,102,116)(H,103,118)(H,104,110)(H,122,123)/t40-,41-,56+,57-,63+,66-,67-,69+,70+,71-,72+,73-,74+,75+,76-,77+,79+,80-,81-,89-,90-,91-/m0/s1. The van der Waals surface area contributed by atoms with E-state index < -0.39 is 263 Å². The van der Waals surface area contributed by atoms with Gasteiger partial charge in [-0.3, -0.25) is 38.4 Å². The molecule has 8 aromatic rings.